The standard InChI is InChI=1S/C17H25NO4/c1-10(2)9-13-5-7-14(8-6-13)11(3)17(21)22-12(4)15(18)16(19)20/h5-8,10-12,15H,9,18H2,1-4H3,(H,19,20)/t11-,12-,15+/m1/s1. The molecule has 3 N–H and O–H groups in total. The van der Waals surface area contributed by atoms with Crippen molar-refractivity contribution in [2.24, 2.45) is 11.7 Å². The third kappa shape index (κ3) is 5.15. The Kier molecular flexibility index (Phi) is 6.56. The number of benzene rings is 1. The first kappa shape index (κ1) is 18.2. The van der Waals surface area contributed by atoms with Crippen LogP contribution < -0.4 is 5.73 Å². The molecule has 22 heavy (non-hydrogen) atoms. The number of rotatable bonds is 7. The lowest BCUT2D eigenvalue weighted by Gasteiger charge is -2.19. The molecule has 0 spiro atoms. The van der Waals surface area contributed by atoms with Crippen molar-refractivity contribution in [1.82, 2.24) is 0 Å². The van der Waals surface area contributed by atoms with Crippen molar-refractivity contribution in [2.75, 3.05) is 0 Å². The summed E-state index contributed by atoms with van der Waals surface area (Å²) in [6.45, 7) is 7.52. The van der Waals surface area contributed by atoms with Gasteiger partial charge in [0.25, 0.3) is 0 Å². The summed E-state index contributed by atoms with van der Waals surface area (Å²) in [6.07, 6.45) is 0.122. The highest BCUT2D eigenvalue weighted by atomic mass is 16.5. The van der Waals surface area contributed by atoms with Gasteiger partial charge in [-0.2, -0.15) is 0 Å². The maximum atomic E-state index is 12.1. The van der Waals surface area contributed by atoms with Gasteiger partial charge in [0.2, 0.25) is 0 Å². The van der Waals surface area contributed by atoms with Crippen LogP contribution in [0.1, 0.15) is 44.7 Å². The Morgan fingerprint density at radius 3 is 2.14 bits per heavy atom. The Hall–Kier alpha value is -1.88. The molecule has 5 heteroatoms. The molecule has 3 atom stereocenters. The highest BCUT2D eigenvalue weighted by Gasteiger charge is 2.26. The van der Waals surface area contributed by atoms with E-state index in [0.717, 1.165) is 12.0 Å². The zero-order chi connectivity index (χ0) is 16.9. The Morgan fingerprint density at radius 2 is 1.68 bits per heavy atom. The molecule has 1 aromatic carbocycles. The van der Waals surface area contributed by atoms with Crippen molar-refractivity contribution in [2.45, 2.75) is 52.2 Å². The van der Waals surface area contributed by atoms with Crippen molar-refractivity contribution in [1.29, 1.82) is 0 Å². The fourth-order valence-electron chi connectivity index (χ4n) is 2.11. The molecule has 0 aliphatic carbocycles. The molecule has 1 rings (SSSR count). The third-order valence-corrected chi connectivity index (χ3v) is 3.57. The molecule has 0 aromatic heterocycles. The van der Waals surface area contributed by atoms with Crippen molar-refractivity contribution in [3.63, 3.8) is 0 Å². The summed E-state index contributed by atoms with van der Waals surface area (Å²) in [6, 6.07) is 6.61. The van der Waals surface area contributed by atoms with E-state index < -0.39 is 30.0 Å². The van der Waals surface area contributed by atoms with Gasteiger partial charge in [-0.1, -0.05) is 38.1 Å². The van der Waals surface area contributed by atoms with Crippen LogP contribution in [-0.2, 0) is 20.7 Å². The number of esters is 1. The quantitative estimate of drug-likeness (QED) is 0.755. The predicted molar refractivity (Wildman–Crippen MR) is 84.6 cm³/mol. The average molecular weight is 307 g/mol. The van der Waals surface area contributed by atoms with E-state index in [1.807, 2.05) is 24.3 Å². The number of hydrogen-bond acceptors (Lipinski definition) is 4. The Morgan fingerprint density at radius 1 is 1.14 bits per heavy atom. The molecule has 0 unspecified atom stereocenters. The van der Waals surface area contributed by atoms with E-state index in [-0.39, 0.29) is 0 Å². The van der Waals surface area contributed by atoms with E-state index in [1.165, 1.54) is 12.5 Å². The van der Waals surface area contributed by atoms with Gasteiger partial charge in [0.1, 0.15) is 12.1 Å². The zero-order valence-electron chi connectivity index (χ0n) is 13.6. The third-order valence-electron chi connectivity index (χ3n) is 3.57. The molecule has 5 nitrogen and oxygen atoms in total. The van der Waals surface area contributed by atoms with Crippen LogP contribution in [0.3, 0.4) is 0 Å². The predicted octanol–water partition coefficient (Wildman–Crippen LogP) is 2.33. The van der Waals surface area contributed by atoms with Crippen LogP contribution in [0.2, 0.25) is 0 Å². The normalized spacial score (nSPS) is 15.2. The molecule has 0 fully saturated rings. The van der Waals surface area contributed by atoms with E-state index in [2.05, 4.69) is 13.8 Å². The van der Waals surface area contributed by atoms with Crippen LogP contribution in [0.25, 0.3) is 0 Å². The second-order valence-electron chi connectivity index (χ2n) is 6.07. The Bertz CT molecular complexity index is 510. The average Bonchev–Trinajstić information content (AvgIpc) is 2.45. The number of ether oxygens (including phenoxy) is 1. The maximum absolute atomic E-state index is 12.1. The Balaban J connectivity index is 2.68. The van der Waals surface area contributed by atoms with Gasteiger partial charge >= 0.3 is 11.9 Å². The number of carbonyl (C=O) groups excluding carboxylic acids is 1. The van der Waals surface area contributed by atoms with Crippen LogP contribution in [0.4, 0.5) is 0 Å². The maximum Gasteiger partial charge on any atom is 0.324 e. The monoisotopic (exact) mass is 307 g/mol. The second-order valence-corrected chi connectivity index (χ2v) is 6.07. The van der Waals surface area contributed by atoms with E-state index in [0.29, 0.717) is 5.92 Å². The van der Waals surface area contributed by atoms with Crippen LogP contribution in [0, 0.1) is 5.92 Å². The molecule has 0 aliphatic heterocycles. The van der Waals surface area contributed by atoms with Gasteiger partial charge in [0, 0.05) is 0 Å². The molecule has 0 saturated heterocycles. The molecule has 0 heterocycles. The molecule has 0 bridgehead atoms. The van der Waals surface area contributed by atoms with Crippen LogP contribution in [0.15, 0.2) is 24.3 Å². The first-order valence-electron chi connectivity index (χ1n) is 7.50. The smallest absolute Gasteiger partial charge is 0.324 e. The number of carboxylic acids is 1. The van der Waals surface area contributed by atoms with Gasteiger partial charge in [0.15, 0.2) is 0 Å². The minimum Gasteiger partial charge on any atom is -0.480 e. The number of aliphatic carboxylic acids is 1. The highest BCUT2D eigenvalue weighted by Crippen LogP contribution is 2.19. The summed E-state index contributed by atoms with van der Waals surface area (Å²) in [4.78, 5) is 22.8. The lowest BCUT2D eigenvalue weighted by molar-refractivity contribution is -0.154. The first-order chi connectivity index (χ1) is 10.2. The number of carbonyl (C=O) groups is 2. The number of hydrogen-bond donors (Lipinski definition) is 2. The molecular formula is C17H25NO4. The van der Waals surface area contributed by atoms with Gasteiger partial charge in [-0.15, -0.1) is 0 Å². The molecular weight excluding hydrogens is 282 g/mol. The first-order valence-corrected chi connectivity index (χ1v) is 7.50. The van der Waals surface area contributed by atoms with Crippen LogP contribution in [0.5, 0.6) is 0 Å². The largest absolute Gasteiger partial charge is 0.480 e. The lowest BCUT2D eigenvalue weighted by atomic mass is 9.97. The van der Waals surface area contributed by atoms with Crippen molar-refractivity contribution < 1.29 is 19.4 Å². The molecule has 0 saturated carbocycles. The fraction of sp³-hybridized carbons (Fsp3) is 0.529. The minimum atomic E-state index is -1.22. The van der Waals surface area contributed by atoms with Gasteiger partial charge < -0.3 is 15.6 Å². The van der Waals surface area contributed by atoms with E-state index in [4.69, 9.17) is 15.6 Å². The topological polar surface area (TPSA) is 89.6 Å². The highest BCUT2D eigenvalue weighted by molar-refractivity contribution is 5.79. The molecule has 0 aliphatic rings. The molecule has 0 radical (unpaired) electrons. The van der Waals surface area contributed by atoms with Gasteiger partial charge in [-0.3, -0.25) is 9.59 Å². The van der Waals surface area contributed by atoms with Crippen LogP contribution in [-0.4, -0.2) is 29.2 Å². The van der Waals surface area contributed by atoms with Crippen molar-refractivity contribution >= 4 is 11.9 Å². The number of carboxylic acid groups (broad SMARTS) is 1. The van der Waals surface area contributed by atoms with Crippen LogP contribution >= 0.6 is 0 Å². The minimum absolute atomic E-state index is 0.462. The molecule has 122 valence electrons. The van der Waals surface area contributed by atoms with E-state index in [1.54, 1.807) is 6.92 Å². The van der Waals surface area contributed by atoms with E-state index in [9.17, 15) is 9.59 Å². The van der Waals surface area contributed by atoms with E-state index >= 15 is 0 Å². The van der Waals surface area contributed by atoms with Gasteiger partial charge in [-0.25, -0.2) is 0 Å². The lowest BCUT2D eigenvalue weighted by Crippen LogP contribution is -2.43. The Labute approximate surface area is 131 Å². The summed E-state index contributed by atoms with van der Waals surface area (Å²) < 4.78 is 5.14. The van der Waals surface area contributed by atoms with Crippen molar-refractivity contribution in [3.05, 3.63) is 35.4 Å². The second kappa shape index (κ2) is 7.94. The summed E-state index contributed by atoms with van der Waals surface area (Å²) >= 11 is 0. The van der Waals surface area contributed by atoms with Gasteiger partial charge in [0.05, 0.1) is 5.92 Å². The SMILES string of the molecule is CC(C)Cc1ccc([C@@H](C)C(=O)O[C@H](C)[C@H](N)C(=O)O)cc1. The summed E-state index contributed by atoms with van der Waals surface area (Å²) in [5.41, 5.74) is 7.50. The van der Waals surface area contributed by atoms with Crippen molar-refractivity contribution in [3.8, 4) is 0 Å². The summed E-state index contributed by atoms with van der Waals surface area (Å²) in [7, 11) is 0. The fourth-order valence-corrected chi connectivity index (χ4v) is 2.11. The van der Waals surface area contributed by atoms with Gasteiger partial charge in [-0.05, 0) is 37.3 Å². The molecule has 0 amide bonds. The zero-order valence-corrected chi connectivity index (χ0v) is 13.6. The summed E-state index contributed by atoms with van der Waals surface area (Å²) in [5, 5.41) is 8.81. The molecule has 1 aromatic rings. The summed E-state index contributed by atoms with van der Waals surface area (Å²) in [5.74, 6) is -1.55. The number of nitrogens with two attached hydrogens (primary N) is 1.